The van der Waals surface area contributed by atoms with E-state index in [0.717, 1.165) is 17.9 Å². The molecule has 120 valence electrons. The highest BCUT2D eigenvalue weighted by atomic mass is 32.2. The lowest BCUT2D eigenvalue weighted by atomic mass is 10.2. The molecule has 1 N–H and O–H groups in total. The van der Waals surface area contributed by atoms with Crippen molar-refractivity contribution < 1.29 is 19.1 Å². The average Bonchev–Trinajstić information content (AvgIpc) is 3.04. The number of carbonyl (C=O) groups excluding carboxylic acids is 2. The third-order valence-corrected chi connectivity index (χ3v) is 4.38. The highest BCUT2D eigenvalue weighted by molar-refractivity contribution is 7.99. The van der Waals surface area contributed by atoms with Crippen LogP contribution in [0, 0.1) is 0 Å². The summed E-state index contributed by atoms with van der Waals surface area (Å²) in [5.41, 5.74) is 0.428. The minimum absolute atomic E-state index is 0.116. The summed E-state index contributed by atoms with van der Waals surface area (Å²) < 4.78 is 10.4. The third-order valence-electron chi connectivity index (χ3n) is 3.25. The molecule has 0 aliphatic carbocycles. The summed E-state index contributed by atoms with van der Waals surface area (Å²) in [5.74, 6) is 1.86. The zero-order chi connectivity index (χ0) is 15.8. The van der Waals surface area contributed by atoms with E-state index >= 15 is 0 Å². The van der Waals surface area contributed by atoms with Gasteiger partial charge >= 0.3 is 5.97 Å². The largest absolute Gasteiger partial charge is 0.473 e. The monoisotopic (exact) mass is 324 g/mol. The van der Waals surface area contributed by atoms with Crippen LogP contribution in [-0.2, 0) is 9.53 Å². The number of amides is 1. The molecule has 2 heterocycles. The number of thioether (sulfide) groups is 1. The molecule has 1 amide bonds. The summed E-state index contributed by atoms with van der Waals surface area (Å²) in [7, 11) is 1.35. The summed E-state index contributed by atoms with van der Waals surface area (Å²) >= 11 is 1.84. The zero-order valence-electron chi connectivity index (χ0n) is 12.5. The molecule has 1 atom stereocenters. The lowest BCUT2D eigenvalue weighted by molar-refractivity contribution is -0.140. The smallest absolute Gasteiger partial charge is 0.305 e. The topological polar surface area (TPSA) is 77.5 Å². The van der Waals surface area contributed by atoms with Gasteiger partial charge in [0.25, 0.3) is 5.91 Å². The maximum atomic E-state index is 12.2. The Balaban J connectivity index is 1.87. The van der Waals surface area contributed by atoms with Crippen molar-refractivity contribution in [2.75, 3.05) is 25.2 Å². The van der Waals surface area contributed by atoms with Crippen LogP contribution in [0.2, 0.25) is 0 Å². The van der Waals surface area contributed by atoms with Crippen molar-refractivity contribution in [3.63, 3.8) is 0 Å². The van der Waals surface area contributed by atoms with Gasteiger partial charge in [0.2, 0.25) is 5.88 Å². The molecule has 0 spiro atoms. The van der Waals surface area contributed by atoms with Crippen molar-refractivity contribution in [1.82, 2.24) is 10.3 Å². The first-order chi connectivity index (χ1) is 10.7. The van der Waals surface area contributed by atoms with E-state index in [9.17, 15) is 9.59 Å². The fraction of sp³-hybridized carbons (Fsp3) is 0.533. The fourth-order valence-corrected chi connectivity index (χ4v) is 3.15. The Labute approximate surface area is 134 Å². The van der Waals surface area contributed by atoms with Gasteiger partial charge in [0.15, 0.2) is 0 Å². The average molecular weight is 324 g/mol. The van der Waals surface area contributed by atoms with Gasteiger partial charge in [-0.1, -0.05) is 0 Å². The summed E-state index contributed by atoms with van der Waals surface area (Å²) in [5, 5.41) is 2.77. The number of carbonyl (C=O) groups is 2. The predicted octanol–water partition coefficient (Wildman–Crippen LogP) is 1.65. The van der Waals surface area contributed by atoms with Crippen molar-refractivity contribution in [2.24, 2.45) is 0 Å². The zero-order valence-corrected chi connectivity index (χ0v) is 13.4. The van der Waals surface area contributed by atoms with Gasteiger partial charge in [-0.05, 0) is 30.7 Å². The molecule has 1 aromatic rings. The first-order valence-electron chi connectivity index (χ1n) is 7.25. The standard InChI is InChI=1S/C15H20N2O4S/c1-20-13(18)5-3-7-16-14(19)12-4-2-8-17-15(12)21-11-6-9-22-10-11/h2,4,8,11H,3,5-7,9-10H2,1H3,(H,16,19). The van der Waals surface area contributed by atoms with Crippen molar-refractivity contribution in [2.45, 2.75) is 25.4 Å². The quantitative estimate of drug-likeness (QED) is 0.607. The van der Waals surface area contributed by atoms with E-state index in [4.69, 9.17) is 4.74 Å². The molecular weight excluding hydrogens is 304 g/mol. The van der Waals surface area contributed by atoms with E-state index in [1.165, 1.54) is 7.11 Å². The number of esters is 1. The van der Waals surface area contributed by atoms with Crippen LogP contribution in [0.25, 0.3) is 0 Å². The Morgan fingerprint density at radius 3 is 3.09 bits per heavy atom. The van der Waals surface area contributed by atoms with Gasteiger partial charge in [-0.15, -0.1) is 0 Å². The molecule has 22 heavy (non-hydrogen) atoms. The van der Waals surface area contributed by atoms with Gasteiger partial charge in [-0.2, -0.15) is 11.8 Å². The molecule has 1 aliphatic rings. The fourth-order valence-electron chi connectivity index (χ4n) is 2.05. The molecule has 2 rings (SSSR count). The number of methoxy groups -OCH3 is 1. The predicted molar refractivity (Wildman–Crippen MR) is 84.2 cm³/mol. The number of aromatic nitrogens is 1. The summed E-state index contributed by atoms with van der Waals surface area (Å²) in [4.78, 5) is 27.4. The van der Waals surface area contributed by atoms with Crippen LogP contribution in [0.5, 0.6) is 5.88 Å². The highest BCUT2D eigenvalue weighted by Gasteiger charge is 2.21. The summed E-state index contributed by atoms with van der Waals surface area (Å²) in [6.07, 6.45) is 3.53. The Hall–Kier alpha value is -1.76. The van der Waals surface area contributed by atoms with E-state index in [0.29, 0.717) is 24.4 Å². The van der Waals surface area contributed by atoms with Gasteiger partial charge in [0.1, 0.15) is 11.7 Å². The van der Waals surface area contributed by atoms with Gasteiger partial charge in [0, 0.05) is 24.9 Å². The first-order valence-corrected chi connectivity index (χ1v) is 8.40. The van der Waals surface area contributed by atoms with E-state index < -0.39 is 0 Å². The first kappa shape index (κ1) is 16.6. The number of pyridine rings is 1. The molecule has 1 aromatic heterocycles. The minimum atomic E-state index is -0.279. The summed E-state index contributed by atoms with van der Waals surface area (Å²) in [6, 6.07) is 3.40. The van der Waals surface area contributed by atoms with Crippen molar-refractivity contribution in [1.29, 1.82) is 0 Å². The molecule has 6 nitrogen and oxygen atoms in total. The van der Waals surface area contributed by atoms with Gasteiger partial charge in [-0.25, -0.2) is 4.98 Å². The van der Waals surface area contributed by atoms with Crippen LogP contribution in [-0.4, -0.2) is 48.1 Å². The van der Waals surface area contributed by atoms with Crippen LogP contribution in [0.4, 0.5) is 0 Å². The van der Waals surface area contributed by atoms with E-state index in [1.807, 2.05) is 11.8 Å². The van der Waals surface area contributed by atoms with Crippen LogP contribution in [0.1, 0.15) is 29.6 Å². The molecule has 0 aromatic carbocycles. The van der Waals surface area contributed by atoms with Crippen LogP contribution in [0.15, 0.2) is 18.3 Å². The normalized spacial score (nSPS) is 17.0. The second-order valence-electron chi connectivity index (χ2n) is 4.90. The van der Waals surface area contributed by atoms with Crippen LogP contribution >= 0.6 is 11.8 Å². The molecule has 0 saturated carbocycles. The van der Waals surface area contributed by atoms with Gasteiger partial charge in [-0.3, -0.25) is 9.59 Å². The Morgan fingerprint density at radius 2 is 2.36 bits per heavy atom. The van der Waals surface area contributed by atoms with Crippen molar-refractivity contribution in [3.05, 3.63) is 23.9 Å². The van der Waals surface area contributed by atoms with E-state index in [1.54, 1.807) is 18.3 Å². The van der Waals surface area contributed by atoms with Crippen LogP contribution in [0.3, 0.4) is 0 Å². The number of hydrogen-bond acceptors (Lipinski definition) is 6. The maximum absolute atomic E-state index is 12.2. The second kappa shape index (κ2) is 8.63. The molecule has 1 saturated heterocycles. The lowest BCUT2D eigenvalue weighted by Crippen LogP contribution is -2.27. The van der Waals surface area contributed by atoms with E-state index in [-0.39, 0.29) is 24.4 Å². The molecule has 1 fully saturated rings. The second-order valence-corrected chi connectivity index (χ2v) is 6.04. The van der Waals surface area contributed by atoms with Crippen molar-refractivity contribution >= 4 is 23.6 Å². The Bertz CT molecular complexity index is 518. The number of nitrogens with zero attached hydrogens (tertiary/aromatic N) is 1. The van der Waals surface area contributed by atoms with Gasteiger partial charge in [0.05, 0.1) is 7.11 Å². The molecular formula is C15H20N2O4S. The molecule has 1 aliphatic heterocycles. The number of nitrogens with one attached hydrogen (secondary N) is 1. The third kappa shape index (κ3) is 4.91. The maximum Gasteiger partial charge on any atom is 0.305 e. The summed E-state index contributed by atoms with van der Waals surface area (Å²) in [6.45, 7) is 0.404. The van der Waals surface area contributed by atoms with E-state index in [2.05, 4.69) is 15.0 Å². The Morgan fingerprint density at radius 1 is 1.50 bits per heavy atom. The van der Waals surface area contributed by atoms with Crippen LogP contribution < -0.4 is 10.1 Å². The number of hydrogen-bond donors (Lipinski definition) is 1. The van der Waals surface area contributed by atoms with Gasteiger partial charge < -0.3 is 14.8 Å². The number of rotatable bonds is 7. The highest BCUT2D eigenvalue weighted by Crippen LogP contribution is 2.24. The Kier molecular flexibility index (Phi) is 6.51. The SMILES string of the molecule is COC(=O)CCCNC(=O)c1cccnc1OC1CCSC1. The van der Waals surface area contributed by atoms with Crippen molar-refractivity contribution in [3.8, 4) is 5.88 Å². The number of ether oxygens (including phenoxy) is 2. The molecule has 0 radical (unpaired) electrons. The lowest BCUT2D eigenvalue weighted by Gasteiger charge is -2.14. The molecule has 0 bridgehead atoms. The molecule has 7 heteroatoms. The molecule has 1 unspecified atom stereocenters. The minimum Gasteiger partial charge on any atom is -0.473 e.